The molecule has 6 nitrogen and oxygen atoms in total. The molecular weight excluding hydrogens is 452 g/mol. The van der Waals surface area contributed by atoms with E-state index in [2.05, 4.69) is 9.88 Å². The van der Waals surface area contributed by atoms with Crippen molar-refractivity contribution in [1.29, 1.82) is 0 Å². The lowest BCUT2D eigenvalue weighted by atomic mass is 9.97. The molecule has 0 radical (unpaired) electrons. The molecule has 190 valence electrons. The molecule has 8 heteroatoms. The third kappa shape index (κ3) is 6.98. The number of rotatable bonds is 7. The van der Waals surface area contributed by atoms with Crippen LogP contribution in [-0.2, 0) is 0 Å². The highest BCUT2D eigenvalue weighted by Crippen LogP contribution is 2.27. The molecule has 2 fully saturated rings. The summed E-state index contributed by atoms with van der Waals surface area (Å²) < 4.78 is 34.4. The first-order valence-corrected chi connectivity index (χ1v) is 12.5. The molecule has 0 bridgehead atoms. The van der Waals surface area contributed by atoms with E-state index in [-0.39, 0.29) is 11.7 Å². The maximum absolute atomic E-state index is 14.7. The van der Waals surface area contributed by atoms with Crippen molar-refractivity contribution in [2.75, 3.05) is 39.3 Å². The van der Waals surface area contributed by atoms with Gasteiger partial charge in [-0.25, -0.2) is 8.78 Å². The Morgan fingerprint density at radius 1 is 1.14 bits per heavy atom. The van der Waals surface area contributed by atoms with Gasteiger partial charge in [-0.2, -0.15) is 0 Å². The van der Waals surface area contributed by atoms with Gasteiger partial charge in [0.15, 0.2) is 11.6 Å². The molecule has 0 spiro atoms. The van der Waals surface area contributed by atoms with E-state index >= 15 is 0 Å². The summed E-state index contributed by atoms with van der Waals surface area (Å²) in [5.41, 5.74) is 0.464. The minimum atomic E-state index is -1.20. The van der Waals surface area contributed by atoms with E-state index in [0.29, 0.717) is 55.4 Å². The standard InChI is InChI=1S/C27H35F2N3O3/c1-27(2,29)18-31-12-9-19(10-13-31)17-35-25-8-6-20(14-23(25)28)21-5-7-24(30-15-21)26(34)32-11-3-4-22(33)16-32/h5-8,14-15,19,22,33H,3-4,9-13,16-18H2,1-2H3/t22-/m1/s1. The molecule has 3 heterocycles. The summed E-state index contributed by atoms with van der Waals surface area (Å²) >= 11 is 0. The summed E-state index contributed by atoms with van der Waals surface area (Å²) in [5.74, 6) is -0.112. The number of pyridine rings is 1. The average molecular weight is 488 g/mol. The Balaban J connectivity index is 1.31. The summed E-state index contributed by atoms with van der Waals surface area (Å²) in [5, 5.41) is 9.80. The third-order valence-electron chi connectivity index (χ3n) is 6.71. The Hall–Kier alpha value is -2.58. The predicted octanol–water partition coefficient (Wildman–Crippen LogP) is 4.32. The van der Waals surface area contributed by atoms with E-state index in [0.717, 1.165) is 32.4 Å². The van der Waals surface area contributed by atoms with Crippen molar-refractivity contribution >= 4 is 5.91 Å². The minimum absolute atomic E-state index is 0.204. The van der Waals surface area contributed by atoms with Crippen molar-refractivity contribution in [2.24, 2.45) is 5.92 Å². The minimum Gasteiger partial charge on any atom is -0.490 e. The van der Waals surface area contributed by atoms with Crippen LogP contribution in [0.2, 0.25) is 0 Å². The Bertz CT molecular complexity index is 1000. The largest absolute Gasteiger partial charge is 0.490 e. The summed E-state index contributed by atoms with van der Waals surface area (Å²) in [6.45, 7) is 6.65. The number of hydrogen-bond acceptors (Lipinski definition) is 5. The van der Waals surface area contributed by atoms with Crippen LogP contribution in [-0.4, -0.2) is 76.9 Å². The highest BCUT2D eigenvalue weighted by molar-refractivity contribution is 5.92. The van der Waals surface area contributed by atoms with E-state index in [4.69, 9.17) is 4.74 Å². The average Bonchev–Trinajstić information content (AvgIpc) is 2.83. The van der Waals surface area contributed by atoms with Gasteiger partial charge in [-0.3, -0.25) is 9.78 Å². The quantitative estimate of drug-likeness (QED) is 0.630. The number of amides is 1. The van der Waals surface area contributed by atoms with E-state index in [1.54, 1.807) is 49.2 Å². The van der Waals surface area contributed by atoms with Gasteiger partial charge in [0.05, 0.1) is 12.7 Å². The van der Waals surface area contributed by atoms with E-state index in [9.17, 15) is 18.7 Å². The summed E-state index contributed by atoms with van der Waals surface area (Å²) in [6.07, 6.45) is 4.37. The zero-order valence-electron chi connectivity index (χ0n) is 20.6. The Morgan fingerprint density at radius 2 is 1.89 bits per heavy atom. The molecule has 0 saturated carbocycles. The molecule has 2 aliphatic rings. The maximum Gasteiger partial charge on any atom is 0.272 e. The molecule has 2 saturated heterocycles. The molecule has 0 unspecified atom stereocenters. The smallest absolute Gasteiger partial charge is 0.272 e. The molecule has 35 heavy (non-hydrogen) atoms. The van der Waals surface area contributed by atoms with Gasteiger partial charge in [0.2, 0.25) is 0 Å². The molecule has 1 aromatic carbocycles. The number of alkyl halides is 1. The number of halogens is 2. The number of aliphatic hydroxyl groups excluding tert-OH is 1. The van der Waals surface area contributed by atoms with Crippen LogP contribution < -0.4 is 4.74 Å². The van der Waals surface area contributed by atoms with Crippen LogP contribution in [0.1, 0.15) is 50.0 Å². The van der Waals surface area contributed by atoms with Crippen molar-refractivity contribution in [3.8, 4) is 16.9 Å². The first-order chi connectivity index (χ1) is 16.7. The van der Waals surface area contributed by atoms with Crippen molar-refractivity contribution in [3.05, 3.63) is 48.0 Å². The highest BCUT2D eigenvalue weighted by atomic mass is 19.1. The van der Waals surface area contributed by atoms with Crippen molar-refractivity contribution < 1.29 is 23.4 Å². The normalized spacial score (nSPS) is 20.1. The fraction of sp³-hybridized carbons (Fsp3) is 0.556. The summed E-state index contributed by atoms with van der Waals surface area (Å²) in [4.78, 5) is 20.7. The summed E-state index contributed by atoms with van der Waals surface area (Å²) in [6, 6.07) is 8.21. The molecule has 1 amide bonds. The molecule has 2 aromatic rings. The van der Waals surface area contributed by atoms with Gasteiger partial charge in [-0.05, 0) is 82.3 Å². The zero-order valence-corrected chi connectivity index (χ0v) is 20.6. The molecule has 1 atom stereocenters. The van der Waals surface area contributed by atoms with Gasteiger partial charge in [-0.15, -0.1) is 0 Å². The van der Waals surface area contributed by atoms with Crippen LogP contribution in [0, 0.1) is 11.7 Å². The van der Waals surface area contributed by atoms with Crippen LogP contribution in [0.4, 0.5) is 8.78 Å². The molecule has 2 aliphatic heterocycles. The van der Waals surface area contributed by atoms with Gasteiger partial charge in [-0.1, -0.05) is 12.1 Å². The lowest BCUT2D eigenvalue weighted by Crippen LogP contribution is -2.42. The molecule has 1 N–H and O–H groups in total. The second kappa shape index (κ2) is 11.0. The lowest BCUT2D eigenvalue weighted by Gasteiger charge is -2.34. The molecule has 1 aromatic heterocycles. The highest BCUT2D eigenvalue weighted by Gasteiger charge is 2.26. The molecule has 4 rings (SSSR count). The Labute approximate surface area is 205 Å². The topological polar surface area (TPSA) is 65.9 Å². The van der Waals surface area contributed by atoms with Crippen molar-refractivity contribution in [2.45, 2.75) is 51.3 Å². The van der Waals surface area contributed by atoms with Crippen LogP contribution >= 0.6 is 0 Å². The summed E-state index contributed by atoms with van der Waals surface area (Å²) in [7, 11) is 0. The number of piperidine rings is 2. The number of aliphatic hydroxyl groups is 1. The number of aromatic nitrogens is 1. The van der Waals surface area contributed by atoms with E-state index in [1.165, 1.54) is 6.07 Å². The lowest BCUT2D eigenvalue weighted by molar-refractivity contribution is 0.0469. The van der Waals surface area contributed by atoms with Gasteiger partial charge in [0.25, 0.3) is 5.91 Å². The molecular formula is C27H35F2N3O3. The maximum atomic E-state index is 14.7. The second-order valence-electron chi connectivity index (χ2n) is 10.4. The van der Waals surface area contributed by atoms with Crippen LogP contribution in [0.3, 0.4) is 0 Å². The number of benzene rings is 1. The van der Waals surface area contributed by atoms with E-state index in [1.807, 2.05) is 0 Å². The predicted molar refractivity (Wildman–Crippen MR) is 131 cm³/mol. The van der Waals surface area contributed by atoms with Crippen LogP contribution in [0.15, 0.2) is 36.5 Å². The molecule has 0 aliphatic carbocycles. The number of nitrogens with zero attached hydrogens (tertiary/aromatic N) is 3. The van der Waals surface area contributed by atoms with Crippen LogP contribution in [0.5, 0.6) is 5.75 Å². The number of likely N-dealkylation sites (tertiary alicyclic amines) is 2. The van der Waals surface area contributed by atoms with Gasteiger partial charge < -0.3 is 19.6 Å². The fourth-order valence-corrected chi connectivity index (χ4v) is 4.84. The number of carbonyl (C=O) groups excluding carboxylic acids is 1. The van der Waals surface area contributed by atoms with Gasteiger partial charge >= 0.3 is 0 Å². The second-order valence-corrected chi connectivity index (χ2v) is 10.4. The van der Waals surface area contributed by atoms with E-state index < -0.39 is 17.6 Å². The number of carbonyl (C=O) groups is 1. The Kier molecular flexibility index (Phi) is 8.02. The monoisotopic (exact) mass is 487 g/mol. The number of β-amino-alcohol motifs (C(OH)–C–C–N with tert-alkyl or cyclic N) is 1. The van der Waals surface area contributed by atoms with Gasteiger partial charge in [0, 0.05) is 31.4 Å². The number of ether oxygens (including phenoxy) is 1. The first kappa shape index (κ1) is 25.5. The fourth-order valence-electron chi connectivity index (χ4n) is 4.84. The third-order valence-corrected chi connectivity index (χ3v) is 6.71. The van der Waals surface area contributed by atoms with Gasteiger partial charge in [0.1, 0.15) is 11.4 Å². The van der Waals surface area contributed by atoms with Crippen molar-refractivity contribution in [1.82, 2.24) is 14.8 Å². The van der Waals surface area contributed by atoms with Crippen molar-refractivity contribution in [3.63, 3.8) is 0 Å². The SMILES string of the molecule is CC(C)(F)CN1CCC(COc2ccc(-c3ccc(C(=O)N4CCC[C@@H](O)C4)nc3)cc2F)CC1. The zero-order chi connectivity index (χ0) is 25.0. The first-order valence-electron chi connectivity index (χ1n) is 12.5. The Morgan fingerprint density at radius 3 is 2.51 bits per heavy atom. The number of hydrogen-bond donors (Lipinski definition) is 1. The van der Waals surface area contributed by atoms with Crippen LogP contribution in [0.25, 0.3) is 11.1 Å².